The van der Waals surface area contributed by atoms with Crippen LogP contribution in [0.4, 0.5) is 0 Å². The van der Waals surface area contributed by atoms with Gasteiger partial charge >= 0.3 is 0 Å². The van der Waals surface area contributed by atoms with Crippen LogP contribution in [0.5, 0.6) is 0 Å². The minimum absolute atomic E-state index is 0.537. The van der Waals surface area contributed by atoms with E-state index in [1.807, 2.05) is 0 Å². The molecule has 0 aromatic carbocycles. The third-order valence-corrected chi connectivity index (χ3v) is 4.34. The molecular weight excluding hydrogens is 342 g/mol. The van der Waals surface area contributed by atoms with Crippen LogP contribution in [0.1, 0.15) is 13.8 Å². The Morgan fingerprint density at radius 2 is 1.68 bits per heavy atom. The van der Waals surface area contributed by atoms with E-state index in [-0.39, 0.29) is 0 Å². The molecule has 1 amide bonds. The third kappa shape index (κ3) is 4.27. The van der Waals surface area contributed by atoms with Crippen LogP contribution < -0.4 is 5.32 Å². The van der Waals surface area contributed by atoms with Gasteiger partial charge in [-0.1, -0.05) is 0 Å². The number of aliphatic hydroxyl groups excluding tert-OH is 6. The van der Waals surface area contributed by atoms with E-state index in [1.54, 1.807) is 0 Å². The molecule has 2 heterocycles. The molecule has 10 atom stereocenters. The van der Waals surface area contributed by atoms with Gasteiger partial charge in [0.15, 0.2) is 12.6 Å². The third-order valence-electron chi connectivity index (χ3n) is 4.34. The van der Waals surface area contributed by atoms with E-state index in [0.29, 0.717) is 0 Å². The van der Waals surface area contributed by atoms with Crippen LogP contribution in [-0.2, 0) is 19.0 Å². The van der Waals surface area contributed by atoms with E-state index in [1.165, 1.54) is 13.8 Å². The zero-order valence-corrected chi connectivity index (χ0v) is 13.8. The first-order chi connectivity index (χ1) is 11.7. The number of rotatable bonds is 4. The number of carbonyl (C=O) groups excluding carboxylic acids is 1. The number of aliphatic hydroxyl groups is 6. The van der Waals surface area contributed by atoms with Crippen molar-refractivity contribution in [1.82, 2.24) is 5.32 Å². The van der Waals surface area contributed by atoms with E-state index in [4.69, 9.17) is 14.2 Å². The predicted molar refractivity (Wildman–Crippen MR) is 78.8 cm³/mol. The van der Waals surface area contributed by atoms with E-state index < -0.39 is 73.9 Å². The summed E-state index contributed by atoms with van der Waals surface area (Å²) in [6.45, 7) is 2.01. The van der Waals surface area contributed by atoms with Crippen LogP contribution in [0.2, 0.25) is 0 Å². The first kappa shape index (κ1) is 20.4. The summed E-state index contributed by atoms with van der Waals surface area (Å²) < 4.78 is 15.8. The van der Waals surface area contributed by atoms with Crippen LogP contribution >= 0.6 is 0 Å². The van der Waals surface area contributed by atoms with Crippen molar-refractivity contribution in [2.24, 2.45) is 0 Å². The first-order valence-corrected chi connectivity index (χ1v) is 7.92. The van der Waals surface area contributed by atoms with Crippen molar-refractivity contribution in [3.05, 3.63) is 0 Å². The molecule has 0 spiro atoms. The summed E-state index contributed by atoms with van der Waals surface area (Å²) in [5.74, 6) is -0.537. The number of carbonyl (C=O) groups is 1. The zero-order chi connectivity index (χ0) is 18.9. The lowest BCUT2D eigenvalue weighted by atomic mass is 9.95. The average molecular weight is 367 g/mol. The Bertz CT molecular complexity index is 465. The van der Waals surface area contributed by atoms with Crippen molar-refractivity contribution in [1.29, 1.82) is 0 Å². The highest BCUT2D eigenvalue weighted by molar-refractivity contribution is 5.73. The number of ether oxygens (including phenoxy) is 3. The molecule has 1 unspecified atom stereocenters. The molecule has 0 aliphatic carbocycles. The van der Waals surface area contributed by atoms with Gasteiger partial charge in [0, 0.05) is 6.92 Å². The molecule has 0 saturated carbocycles. The average Bonchev–Trinajstić information content (AvgIpc) is 2.56. The summed E-state index contributed by atoms with van der Waals surface area (Å²) in [5, 5.41) is 61.5. The molecule has 2 aliphatic rings. The quantitative estimate of drug-likeness (QED) is 0.257. The van der Waals surface area contributed by atoms with E-state index in [0.717, 1.165) is 0 Å². The van der Waals surface area contributed by atoms with E-state index in [9.17, 15) is 35.4 Å². The lowest BCUT2D eigenvalue weighted by Gasteiger charge is -2.46. The maximum Gasteiger partial charge on any atom is 0.217 e. The second kappa shape index (κ2) is 8.20. The van der Waals surface area contributed by atoms with Gasteiger partial charge in [-0.25, -0.2) is 0 Å². The molecular formula is C14H25NO10. The summed E-state index contributed by atoms with van der Waals surface area (Å²) >= 11 is 0. The summed E-state index contributed by atoms with van der Waals surface area (Å²) in [4.78, 5) is 11.3. The minimum Gasteiger partial charge on any atom is -0.394 e. The molecule has 11 heteroatoms. The van der Waals surface area contributed by atoms with Crippen molar-refractivity contribution in [2.45, 2.75) is 75.2 Å². The largest absolute Gasteiger partial charge is 0.394 e. The van der Waals surface area contributed by atoms with Gasteiger partial charge < -0.3 is 50.2 Å². The molecule has 2 rings (SSSR count). The van der Waals surface area contributed by atoms with E-state index >= 15 is 0 Å². The molecule has 2 fully saturated rings. The first-order valence-electron chi connectivity index (χ1n) is 7.92. The van der Waals surface area contributed by atoms with Gasteiger partial charge in [0.2, 0.25) is 5.91 Å². The van der Waals surface area contributed by atoms with Crippen molar-refractivity contribution < 1.29 is 49.6 Å². The highest BCUT2D eigenvalue weighted by Crippen LogP contribution is 2.28. The lowest BCUT2D eigenvalue weighted by Crippen LogP contribution is -2.67. The molecule has 2 aliphatic heterocycles. The predicted octanol–water partition coefficient (Wildman–Crippen LogP) is -4.23. The van der Waals surface area contributed by atoms with Crippen LogP contribution in [-0.4, -0.2) is 105 Å². The highest BCUT2D eigenvalue weighted by atomic mass is 16.7. The molecule has 0 bridgehead atoms. The summed E-state index contributed by atoms with van der Waals surface area (Å²) in [5.41, 5.74) is 0. The molecule has 11 nitrogen and oxygen atoms in total. The van der Waals surface area contributed by atoms with Crippen molar-refractivity contribution >= 4 is 5.91 Å². The number of hydrogen-bond acceptors (Lipinski definition) is 10. The summed E-state index contributed by atoms with van der Waals surface area (Å²) in [7, 11) is 0. The van der Waals surface area contributed by atoms with Crippen LogP contribution in [0, 0.1) is 0 Å². The van der Waals surface area contributed by atoms with Gasteiger partial charge in [0.25, 0.3) is 0 Å². The Hall–Kier alpha value is -0.890. The van der Waals surface area contributed by atoms with Crippen LogP contribution in [0.3, 0.4) is 0 Å². The molecule has 146 valence electrons. The standard InChI is InChI=1S/C14H25NO10/c1-4-8(18)10(20)11(21)14(23-4)25-12-7(15-5(2)17)13(22)24-6(3-16)9(12)19/h4,6-14,16,18-22H,3H2,1-2H3,(H,15,17)/t4-,6-,7-,8+,9+,10+,11-,12-,13?,14+/m1/s1. The summed E-state index contributed by atoms with van der Waals surface area (Å²) in [6.07, 6.45) is -12.4. The van der Waals surface area contributed by atoms with Gasteiger partial charge in [-0.15, -0.1) is 0 Å². The van der Waals surface area contributed by atoms with Gasteiger partial charge in [0.05, 0.1) is 12.7 Å². The second-order valence-corrected chi connectivity index (χ2v) is 6.25. The maximum atomic E-state index is 11.3. The highest BCUT2D eigenvalue weighted by Gasteiger charge is 2.50. The SMILES string of the molecule is CC(=O)N[C@H]1C(O)O[C@H](CO)[C@H](O)[C@@H]1O[C@@H]1O[C@H](C)[C@H](O)[C@H](O)[C@H]1O. The molecule has 2 saturated heterocycles. The molecule has 0 aromatic heterocycles. The molecule has 0 aromatic rings. The zero-order valence-electron chi connectivity index (χ0n) is 13.8. The Labute approximate surface area is 143 Å². The molecule has 7 N–H and O–H groups in total. The number of hydrogen-bond donors (Lipinski definition) is 7. The number of nitrogens with one attached hydrogen (secondary N) is 1. The maximum absolute atomic E-state index is 11.3. The molecule has 25 heavy (non-hydrogen) atoms. The lowest BCUT2D eigenvalue weighted by molar-refractivity contribution is -0.337. The second-order valence-electron chi connectivity index (χ2n) is 6.25. The van der Waals surface area contributed by atoms with E-state index in [2.05, 4.69) is 5.32 Å². The Morgan fingerprint density at radius 3 is 2.24 bits per heavy atom. The Morgan fingerprint density at radius 1 is 1.04 bits per heavy atom. The fraction of sp³-hybridized carbons (Fsp3) is 0.929. The van der Waals surface area contributed by atoms with Crippen molar-refractivity contribution in [3.63, 3.8) is 0 Å². The molecule has 0 radical (unpaired) electrons. The Kier molecular flexibility index (Phi) is 6.70. The minimum atomic E-state index is -1.64. The van der Waals surface area contributed by atoms with Crippen LogP contribution in [0.25, 0.3) is 0 Å². The normalized spacial score (nSPS) is 48.2. The van der Waals surface area contributed by atoms with Gasteiger partial charge in [-0.3, -0.25) is 4.79 Å². The van der Waals surface area contributed by atoms with Crippen molar-refractivity contribution in [2.75, 3.05) is 6.61 Å². The van der Waals surface area contributed by atoms with Crippen LogP contribution in [0.15, 0.2) is 0 Å². The van der Waals surface area contributed by atoms with Gasteiger partial charge in [-0.2, -0.15) is 0 Å². The van der Waals surface area contributed by atoms with Crippen molar-refractivity contribution in [3.8, 4) is 0 Å². The fourth-order valence-electron chi connectivity index (χ4n) is 2.92. The Balaban J connectivity index is 2.20. The number of amides is 1. The monoisotopic (exact) mass is 367 g/mol. The van der Waals surface area contributed by atoms with Gasteiger partial charge in [-0.05, 0) is 6.92 Å². The van der Waals surface area contributed by atoms with Gasteiger partial charge in [0.1, 0.15) is 42.7 Å². The topological polar surface area (TPSA) is 178 Å². The summed E-state index contributed by atoms with van der Waals surface area (Å²) in [6, 6.07) is -1.22. The fourth-order valence-corrected chi connectivity index (χ4v) is 2.92. The smallest absolute Gasteiger partial charge is 0.217 e.